The third-order valence-electron chi connectivity index (χ3n) is 4.99. The fourth-order valence-corrected chi connectivity index (χ4v) is 3.37. The molecule has 4 rings (SSSR count). The zero-order valence-electron chi connectivity index (χ0n) is 15.1. The molecule has 1 aromatic carbocycles. The summed E-state index contributed by atoms with van der Waals surface area (Å²) in [4.78, 5) is 29.1. The number of fused-ring (bicyclic) bond motifs is 1. The minimum atomic E-state index is -0.301. The largest absolute Gasteiger partial charge is 0.339 e. The maximum atomic E-state index is 12.6. The Bertz CT molecular complexity index is 973. The van der Waals surface area contributed by atoms with Gasteiger partial charge >= 0.3 is 0 Å². The lowest BCUT2D eigenvalue weighted by atomic mass is 10.1. The smallest absolute Gasteiger partial charge is 0.293 e. The molecule has 0 bridgehead atoms. The van der Waals surface area contributed by atoms with Crippen molar-refractivity contribution in [2.24, 2.45) is 0 Å². The number of aromatic nitrogens is 4. The first-order valence-electron chi connectivity index (χ1n) is 9.14. The van der Waals surface area contributed by atoms with Gasteiger partial charge in [-0.3, -0.25) is 14.5 Å². The molecule has 0 radical (unpaired) electrons. The lowest BCUT2D eigenvalue weighted by molar-refractivity contribution is -0.133. The Balaban J connectivity index is 1.30. The molecular formula is C19H22N6O2. The van der Waals surface area contributed by atoms with Crippen LogP contribution in [0.2, 0.25) is 0 Å². The number of rotatable bonds is 5. The van der Waals surface area contributed by atoms with Gasteiger partial charge in [-0.15, -0.1) is 0 Å². The Morgan fingerprint density at radius 2 is 1.78 bits per heavy atom. The first-order valence-corrected chi connectivity index (χ1v) is 9.14. The number of hydrogen-bond acceptors (Lipinski definition) is 5. The fourth-order valence-electron chi connectivity index (χ4n) is 3.37. The Hall–Kier alpha value is -3.00. The normalized spacial score (nSPS) is 15.3. The average molecular weight is 366 g/mol. The molecule has 3 aromatic rings. The average Bonchev–Trinajstić information content (AvgIpc) is 3.19. The second-order valence-corrected chi connectivity index (χ2v) is 6.71. The molecule has 0 aliphatic carbocycles. The van der Waals surface area contributed by atoms with Gasteiger partial charge in [0.25, 0.3) is 5.56 Å². The number of nitrogens with zero attached hydrogens (tertiary/aromatic N) is 6. The van der Waals surface area contributed by atoms with Crippen LogP contribution in [0.1, 0.15) is 5.56 Å². The number of carbonyl (C=O) groups is 1. The van der Waals surface area contributed by atoms with E-state index in [-0.39, 0.29) is 18.0 Å². The molecule has 0 saturated carbocycles. The van der Waals surface area contributed by atoms with Gasteiger partial charge in [0, 0.05) is 32.7 Å². The minimum Gasteiger partial charge on any atom is -0.339 e. The van der Waals surface area contributed by atoms with E-state index in [4.69, 9.17) is 0 Å². The van der Waals surface area contributed by atoms with Crippen LogP contribution >= 0.6 is 0 Å². The monoisotopic (exact) mass is 366 g/mol. The molecule has 140 valence electrons. The number of carbonyl (C=O) groups excluding carboxylic acids is 1. The lowest BCUT2D eigenvalue weighted by Crippen LogP contribution is -2.50. The van der Waals surface area contributed by atoms with Crippen molar-refractivity contribution in [1.29, 1.82) is 0 Å². The van der Waals surface area contributed by atoms with E-state index < -0.39 is 0 Å². The summed E-state index contributed by atoms with van der Waals surface area (Å²) in [5.74, 6) is -0.0730. The predicted octanol–water partition coefficient (Wildman–Crippen LogP) is 0.278. The summed E-state index contributed by atoms with van der Waals surface area (Å²) < 4.78 is 2.62. The van der Waals surface area contributed by atoms with Crippen molar-refractivity contribution in [3.8, 4) is 0 Å². The third kappa shape index (κ3) is 3.90. The summed E-state index contributed by atoms with van der Waals surface area (Å²) in [6.45, 7) is 4.01. The topological polar surface area (TPSA) is 75.7 Å². The first-order chi connectivity index (χ1) is 13.2. The Morgan fingerprint density at radius 1 is 1.00 bits per heavy atom. The Kier molecular flexibility index (Phi) is 4.97. The van der Waals surface area contributed by atoms with Crippen molar-refractivity contribution >= 4 is 11.4 Å². The highest BCUT2D eigenvalue weighted by Gasteiger charge is 2.22. The van der Waals surface area contributed by atoms with Crippen LogP contribution in [-0.2, 0) is 17.8 Å². The van der Waals surface area contributed by atoms with Crippen molar-refractivity contribution in [1.82, 2.24) is 29.2 Å². The van der Waals surface area contributed by atoms with Gasteiger partial charge in [0.15, 0.2) is 0 Å². The number of piperazine rings is 1. The summed E-state index contributed by atoms with van der Waals surface area (Å²) in [6, 6.07) is 12.0. The molecule has 2 aromatic heterocycles. The van der Waals surface area contributed by atoms with Gasteiger partial charge in [0.2, 0.25) is 5.91 Å². The second-order valence-electron chi connectivity index (χ2n) is 6.71. The predicted molar refractivity (Wildman–Crippen MR) is 100 cm³/mol. The van der Waals surface area contributed by atoms with Gasteiger partial charge in [0.05, 0.1) is 6.20 Å². The number of amides is 1. The zero-order chi connectivity index (χ0) is 18.6. The van der Waals surface area contributed by atoms with E-state index in [2.05, 4.69) is 39.4 Å². The molecule has 8 nitrogen and oxygen atoms in total. The molecule has 3 heterocycles. The van der Waals surface area contributed by atoms with Gasteiger partial charge in [-0.25, -0.2) is 9.20 Å². The van der Waals surface area contributed by atoms with Gasteiger partial charge in [-0.2, -0.15) is 10.2 Å². The van der Waals surface area contributed by atoms with Crippen LogP contribution in [0.25, 0.3) is 5.52 Å². The molecule has 0 N–H and O–H groups in total. The first kappa shape index (κ1) is 17.4. The van der Waals surface area contributed by atoms with E-state index in [1.54, 1.807) is 12.3 Å². The molecule has 1 amide bonds. The SMILES string of the molecule is O=C(Cn1ncn2nccc2c1=O)N1CCN(CCc2ccccc2)CC1. The summed E-state index contributed by atoms with van der Waals surface area (Å²) in [7, 11) is 0. The highest BCUT2D eigenvalue weighted by atomic mass is 16.2. The maximum absolute atomic E-state index is 12.6. The van der Waals surface area contributed by atoms with Crippen LogP contribution in [-0.4, -0.2) is 67.8 Å². The van der Waals surface area contributed by atoms with Crippen LogP contribution in [0.5, 0.6) is 0 Å². The van der Waals surface area contributed by atoms with Gasteiger partial charge in [-0.05, 0) is 18.1 Å². The van der Waals surface area contributed by atoms with E-state index in [1.807, 2.05) is 11.0 Å². The maximum Gasteiger partial charge on any atom is 0.293 e. The number of benzene rings is 1. The van der Waals surface area contributed by atoms with Crippen LogP contribution in [0.3, 0.4) is 0 Å². The molecule has 27 heavy (non-hydrogen) atoms. The van der Waals surface area contributed by atoms with Crippen LogP contribution in [0.4, 0.5) is 0 Å². The van der Waals surface area contributed by atoms with Crippen molar-refractivity contribution in [3.05, 3.63) is 64.8 Å². The van der Waals surface area contributed by atoms with Gasteiger partial charge < -0.3 is 4.90 Å². The lowest BCUT2D eigenvalue weighted by Gasteiger charge is -2.34. The molecule has 0 atom stereocenters. The van der Waals surface area contributed by atoms with E-state index in [0.717, 1.165) is 26.1 Å². The molecule has 8 heteroatoms. The molecular weight excluding hydrogens is 344 g/mol. The van der Waals surface area contributed by atoms with Crippen LogP contribution in [0, 0.1) is 0 Å². The third-order valence-corrected chi connectivity index (χ3v) is 4.99. The highest BCUT2D eigenvalue weighted by Crippen LogP contribution is 2.06. The van der Waals surface area contributed by atoms with Crippen LogP contribution in [0.15, 0.2) is 53.7 Å². The number of hydrogen-bond donors (Lipinski definition) is 0. The zero-order valence-corrected chi connectivity index (χ0v) is 15.1. The van der Waals surface area contributed by atoms with Gasteiger partial charge in [-0.1, -0.05) is 30.3 Å². The molecule has 1 saturated heterocycles. The molecule has 1 aliphatic heterocycles. The summed E-state index contributed by atoms with van der Waals surface area (Å²) in [6.07, 6.45) is 4.00. The van der Waals surface area contributed by atoms with Gasteiger partial charge in [0.1, 0.15) is 18.4 Å². The molecule has 1 fully saturated rings. The Labute approximate surface area is 156 Å². The van der Waals surface area contributed by atoms with Crippen molar-refractivity contribution in [3.63, 3.8) is 0 Å². The highest BCUT2D eigenvalue weighted by molar-refractivity contribution is 5.76. The van der Waals surface area contributed by atoms with Crippen LogP contribution < -0.4 is 5.56 Å². The summed E-state index contributed by atoms with van der Waals surface area (Å²) in [5, 5.41) is 8.02. The fraction of sp³-hybridized carbons (Fsp3) is 0.368. The van der Waals surface area contributed by atoms with E-state index in [9.17, 15) is 9.59 Å². The quantitative estimate of drug-likeness (QED) is 0.648. The van der Waals surface area contributed by atoms with Crippen molar-refractivity contribution in [2.45, 2.75) is 13.0 Å². The van der Waals surface area contributed by atoms with E-state index in [0.29, 0.717) is 18.6 Å². The Morgan fingerprint density at radius 3 is 2.56 bits per heavy atom. The molecule has 0 unspecified atom stereocenters. The van der Waals surface area contributed by atoms with E-state index >= 15 is 0 Å². The standard InChI is InChI=1S/C19H22N6O2/c26-18(14-24-19(27)17-6-8-20-25(17)15-21-24)23-12-10-22(11-13-23)9-7-16-4-2-1-3-5-16/h1-6,8,15H,7,9-14H2. The summed E-state index contributed by atoms with van der Waals surface area (Å²) >= 11 is 0. The molecule has 1 aliphatic rings. The van der Waals surface area contributed by atoms with E-state index in [1.165, 1.54) is 21.1 Å². The second kappa shape index (κ2) is 7.71. The van der Waals surface area contributed by atoms with Crippen molar-refractivity contribution < 1.29 is 4.79 Å². The van der Waals surface area contributed by atoms with Crippen molar-refractivity contribution in [2.75, 3.05) is 32.7 Å². The molecule has 0 spiro atoms. The minimum absolute atomic E-state index is 0.0372. The summed E-state index contributed by atoms with van der Waals surface area (Å²) in [5.41, 5.74) is 1.45.